The van der Waals surface area contributed by atoms with Crippen LogP contribution in [0.4, 0.5) is 11.6 Å². The van der Waals surface area contributed by atoms with E-state index in [9.17, 15) is 4.79 Å². The lowest BCUT2D eigenvalue weighted by atomic mass is 10.1. The number of carbonyl (C=O) groups excluding carboxylic acids is 1. The summed E-state index contributed by atoms with van der Waals surface area (Å²) in [5, 5.41) is 2.57. The summed E-state index contributed by atoms with van der Waals surface area (Å²) in [6.45, 7) is 4.25. The third-order valence-corrected chi connectivity index (χ3v) is 2.75. The van der Waals surface area contributed by atoms with Gasteiger partial charge in [-0.2, -0.15) is 0 Å². The van der Waals surface area contributed by atoms with Crippen LogP contribution in [0.2, 0.25) is 5.15 Å². The highest BCUT2D eigenvalue weighted by atomic mass is 35.5. The lowest BCUT2D eigenvalue weighted by Gasteiger charge is -2.16. The first-order valence-corrected chi connectivity index (χ1v) is 5.83. The van der Waals surface area contributed by atoms with E-state index in [1.54, 1.807) is 0 Å². The molecule has 1 atom stereocenters. The molecule has 0 aliphatic carbocycles. The molecule has 0 aliphatic heterocycles. The number of amides is 1. The number of rotatable bonds is 4. The summed E-state index contributed by atoms with van der Waals surface area (Å²) in [7, 11) is 0. The number of hydrogen-bond acceptors (Lipinski definition) is 6. The van der Waals surface area contributed by atoms with E-state index in [0.717, 1.165) is 0 Å². The Morgan fingerprint density at radius 3 is 2.42 bits per heavy atom. The molecule has 0 radical (unpaired) electrons. The maximum atomic E-state index is 11.8. The zero-order valence-electron chi connectivity index (χ0n) is 10.7. The van der Waals surface area contributed by atoms with Gasteiger partial charge in [-0.1, -0.05) is 25.4 Å². The molecular weight excluding hydrogens is 291 g/mol. The van der Waals surface area contributed by atoms with Crippen molar-refractivity contribution in [3.8, 4) is 0 Å². The van der Waals surface area contributed by atoms with Crippen molar-refractivity contribution in [1.29, 1.82) is 0 Å². The molecule has 0 unspecified atom stereocenters. The van der Waals surface area contributed by atoms with E-state index in [1.165, 1.54) is 0 Å². The Morgan fingerprint density at radius 2 is 1.89 bits per heavy atom. The Morgan fingerprint density at radius 1 is 1.32 bits per heavy atom. The quantitative estimate of drug-likeness (QED) is 0.637. The van der Waals surface area contributed by atoms with E-state index in [1.807, 2.05) is 13.8 Å². The monoisotopic (exact) mass is 308 g/mol. The van der Waals surface area contributed by atoms with Gasteiger partial charge in [0, 0.05) is 12.6 Å². The van der Waals surface area contributed by atoms with Crippen LogP contribution < -0.4 is 22.5 Å². The van der Waals surface area contributed by atoms with Crippen LogP contribution in [0.1, 0.15) is 24.3 Å². The molecule has 0 aromatic carbocycles. The minimum Gasteiger partial charge on any atom is -0.382 e. The van der Waals surface area contributed by atoms with Gasteiger partial charge in [0.05, 0.1) is 0 Å². The second-order valence-electron chi connectivity index (χ2n) is 4.25. The zero-order valence-corrected chi connectivity index (χ0v) is 12.3. The number of nitrogens with one attached hydrogen (secondary N) is 1. The van der Waals surface area contributed by atoms with Crippen LogP contribution in [0.25, 0.3) is 0 Å². The number of anilines is 2. The topological polar surface area (TPSA) is 133 Å². The molecule has 9 heteroatoms. The predicted octanol–water partition coefficient (Wildman–Crippen LogP) is 0.429. The van der Waals surface area contributed by atoms with Gasteiger partial charge in [0.2, 0.25) is 0 Å². The van der Waals surface area contributed by atoms with Crippen molar-refractivity contribution in [2.75, 3.05) is 18.0 Å². The minimum atomic E-state index is -0.474. The largest absolute Gasteiger partial charge is 0.382 e. The third kappa shape index (κ3) is 4.70. The van der Waals surface area contributed by atoms with E-state index in [2.05, 4.69) is 15.3 Å². The summed E-state index contributed by atoms with van der Waals surface area (Å²) in [6.07, 6.45) is 0. The van der Waals surface area contributed by atoms with Gasteiger partial charge in [-0.25, -0.2) is 9.97 Å². The SMILES string of the molecule is CC(C)[C@@H](N)CNC(=O)c1nc(Cl)c(N)nc1N.Cl. The molecule has 0 bridgehead atoms. The molecule has 7 N–H and O–H groups in total. The maximum absolute atomic E-state index is 11.8. The van der Waals surface area contributed by atoms with Gasteiger partial charge in [-0.15, -0.1) is 12.4 Å². The first kappa shape index (κ1) is 17.7. The Labute approximate surface area is 122 Å². The van der Waals surface area contributed by atoms with Gasteiger partial charge in [-0.05, 0) is 5.92 Å². The fourth-order valence-electron chi connectivity index (χ4n) is 1.14. The smallest absolute Gasteiger partial charge is 0.273 e. The predicted molar refractivity (Wildman–Crippen MR) is 78.3 cm³/mol. The molecule has 1 heterocycles. The summed E-state index contributed by atoms with van der Waals surface area (Å²) < 4.78 is 0. The molecule has 1 aromatic rings. The van der Waals surface area contributed by atoms with Gasteiger partial charge >= 0.3 is 0 Å². The molecule has 0 saturated heterocycles. The lowest BCUT2D eigenvalue weighted by Crippen LogP contribution is -2.40. The van der Waals surface area contributed by atoms with Crippen molar-refractivity contribution in [2.24, 2.45) is 11.7 Å². The van der Waals surface area contributed by atoms with Crippen molar-refractivity contribution in [3.05, 3.63) is 10.8 Å². The Bertz CT molecular complexity index is 454. The summed E-state index contributed by atoms with van der Waals surface area (Å²) in [6, 6.07) is -0.146. The van der Waals surface area contributed by atoms with Gasteiger partial charge in [-0.3, -0.25) is 4.79 Å². The molecule has 0 spiro atoms. The second kappa shape index (κ2) is 7.32. The molecule has 108 valence electrons. The number of nitrogens with two attached hydrogens (primary N) is 3. The number of carbonyl (C=O) groups is 1. The van der Waals surface area contributed by atoms with Crippen LogP contribution in [-0.4, -0.2) is 28.5 Å². The van der Waals surface area contributed by atoms with Crippen LogP contribution >= 0.6 is 24.0 Å². The molecule has 0 aliphatic rings. The lowest BCUT2D eigenvalue weighted by molar-refractivity contribution is 0.0945. The molecular formula is C10H18Cl2N6O. The fourth-order valence-corrected chi connectivity index (χ4v) is 1.27. The zero-order chi connectivity index (χ0) is 13.9. The molecule has 1 amide bonds. The average Bonchev–Trinajstić information content (AvgIpc) is 2.30. The van der Waals surface area contributed by atoms with Crippen LogP contribution in [0.15, 0.2) is 0 Å². The van der Waals surface area contributed by atoms with Crippen molar-refractivity contribution in [1.82, 2.24) is 15.3 Å². The Hall–Kier alpha value is -1.31. The number of halogens is 2. The number of hydrogen-bond donors (Lipinski definition) is 4. The van der Waals surface area contributed by atoms with Crippen molar-refractivity contribution >= 4 is 41.6 Å². The van der Waals surface area contributed by atoms with Gasteiger partial charge in [0.15, 0.2) is 22.5 Å². The molecule has 19 heavy (non-hydrogen) atoms. The minimum absolute atomic E-state index is 0. The van der Waals surface area contributed by atoms with E-state index < -0.39 is 5.91 Å². The summed E-state index contributed by atoms with van der Waals surface area (Å²) in [4.78, 5) is 19.3. The van der Waals surface area contributed by atoms with Crippen molar-refractivity contribution in [2.45, 2.75) is 19.9 Å². The second-order valence-corrected chi connectivity index (χ2v) is 4.61. The van der Waals surface area contributed by atoms with E-state index >= 15 is 0 Å². The standard InChI is InChI=1S/C10H17ClN6O.ClH/c1-4(2)5(12)3-15-10(18)6-8(13)17-9(14)7(11)16-6;/h4-5H,3,12H2,1-2H3,(H,15,18)(H4,13,14,17);1H/t5-;/m0./s1. The van der Waals surface area contributed by atoms with Crippen LogP contribution in [0, 0.1) is 5.92 Å². The highest BCUT2D eigenvalue weighted by molar-refractivity contribution is 6.31. The molecule has 0 fully saturated rings. The van der Waals surface area contributed by atoms with Gasteiger partial charge in [0.1, 0.15) is 0 Å². The van der Waals surface area contributed by atoms with Crippen LogP contribution in [-0.2, 0) is 0 Å². The average molecular weight is 309 g/mol. The molecule has 7 nitrogen and oxygen atoms in total. The van der Waals surface area contributed by atoms with E-state index in [-0.39, 0.29) is 46.8 Å². The van der Waals surface area contributed by atoms with Gasteiger partial charge < -0.3 is 22.5 Å². The number of nitrogens with zero attached hydrogens (tertiary/aromatic N) is 2. The van der Waals surface area contributed by atoms with Crippen molar-refractivity contribution < 1.29 is 4.79 Å². The molecule has 0 saturated carbocycles. The maximum Gasteiger partial charge on any atom is 0.273 e. The summed E-state index contributed by atoms with van der Waals surface area (Å²) >= 11 is 5.68. The van der Waals surface area contributed by atoms with Crippen LogP contribution in [0.3, 0.4) is 0 Å². The van der Waals surface area contributed by atoms with Crippen LogP contribution in [0.5, 0.6) is 0 Å². The molecule has 1 aromatic heterocycles. The highest BCUT2D eigenvalue weighted by Crippen LogP contribution is 2.17. The first-order chi connectivity index (χ1) is 8.32. The number of aromatic nitrogens is 2. The van der Waals surface area contributed by atoms with E-state index in [0.29, 0.717) is 6.54 Å². The van der Waals surface area contributed by atoms with Gasteiger partial charge in [0.25, 0.3) is 5.91 Å². The van der Waals surface area contributed by atoms with Crippen molar-refractivity contribution in [3.63, 3.8) is 0 Å². The molecule has 1 rings (SSSR count). The number of nitrogen functional groups attached to an aromatic ring is 2. The third-order valence-electron chi connectivity index (χ3n) is 2.47. The Balaban J connectivity index is 0.00000324. The Kier molecular flexibility index (Phi) is 6.82. The van der Waals surface area contributed by atoms with E-state index in [4.69, 9.17) is 28.8 Å². The highest BCUT2D eigenvalue weighted by Gasteiger charge is 2.17. The first-order valence-electron chi connectivity index (χ1n) is 5.45. The fraction of sp³-hybridized carbons (Fsp3) is 0.500. The summed E-state index contributed by atoms with van der Waals surface area (Å²) in [5.41, 5.74) is 16.7. The summed E-state index contributed by atoms with van der Waals surface area (Å²) in [5.74, 6) is -0.293. The normalized spacial score (nSPS) is 11.8.